The van der Waals surface area contributed by atoms with Crippen molar-refractivity contribution in [2.24, 2.45) is 5.92 Å². The van der Waals surface area contributed by atoms with Gasteiger partial charge in [0, 0.05) is 25.7 Å². The Kier molecular flexibility index (Phi) is 69.7. The number of aliphatic hydroxyl groups is 1. The molecule has 0 spiro atoms. The van der Waals surface area contributed by atoms with Crippen molar-refractivity contribution in [2.75, 3.05) is 39.6 Å². The van der Waals surface area contributed by atoms with Gasteiger partial charge in [0.05, 0.1) is 26.4 Å². The number of aliphatic hydroxyl groups excluding tert-OH is 1. The van der Waals surface area contributed by atoms with Crippen molar-refractivity contribution >= 4 is 39.5 Å². The number of hydrogen-bond acceptors (Lipinski definition) is 15. The number of phosphoric acid groups is 2. The normalized spacial score (nSPS) is 14.3. The number of allylic oxidation sites excluding steroid dienone is 4. The molecule has 0 saturated heterocycles. The molecule has 3 unspecified atom stereocenters. The van der Waals surface area contributed by atoms with Crippen molar-refractivity contribution in [3.63, 3.8) is 0 Å². The van der Waals surface area contributed by atoms with Gasteiger partial charge in [0.1, 0.15) is 19.3 Å². The van der Waals surface area contributed by atoms with Crippen molar-refractivity contribution in [3.8, 4) is 0 Å². The molecule has 0 aliphatic rings. The fourth-order valence-electron chi connectivity index (χ4n) is 11.7. The Balaban J connectivity index is 5.27. The van der Waals surface area contributed by atoms with Gasteiger partial charge in [0.2, 0.25) is 0 Å². The lowest BCUT2D eigenvalue weighted by Gasteiger charge is -2.21. The summed E-state index contributed by atoms with van der Waals surface area (Å²) >= 11 is 0. The van der Waals surface area contributed by atoms with Gasteiger partial charge in [-0.1, -0.05) is 341 Å². The van der Waals surface area contributed by atoms with E-state index in [1.807, 2.05) is 0 Å². The van der Waals surface area contributed by atoms with Crippen LogP contribution in [0.3, 0.4) is 0 Å². The van der Waals surface area contributed by atoms with Crippen LogP contribution in [0.15, 0.2) is 24.3 Å². The standard InChI is InChI=1S/C79H150O17P2/c1-6-10-13-16-19-22-25-28-31-32-33-34-36-39-42-45-48-55-60-65-78(83)95-74(68-89-76(81)62-57-52-46-43-40-38-35-29-26-23-20-17-14-11-7-2)70-93-97(85,86)91-66-73(80)67-92-98(87,88)94-71-75(69-90-77(82)63-58-53-50-49-51-56-61-72(5)9-4)96-79(84)64-59-54-47-44-41-37-30-27-24-21-18-15-12-8-3/h23,26,29,35,72-75,80H,6-22,24-25,27-28,30-34,36-71H2,1-5H3,(H,85,86)(H,87,88)/b26-23-,35-29-/t72?,73-,74-,75-/m1/s1. The van der Waals surface area contributed by atoms with E-state index in [2.05, 4.69) is 58.9 Å². The Morgan fingerprint density at radius 2 is 0.571 bits per heavy atom. The molecule has 0 amide bonds. The number of carbonyl (C=O) groups is 4. The van der Waals surface area contributed by atoms with Crippen LogP contribution in [0.1, 0.15) is 394 Å². The van der Waals surface area contributed by atoms with Gasteiger partial charge in [-0.25, -0.2) is 9.13 Å². The third-order valence-electron chi connectivity index (χ3n) is 18.3. The van der Waals surface area contributed by atoms with E-state index >= 15 is 0 Å². The summed E-state index contributed by atoms with van der Waals surface area (Å²) in [5.74, 6) is -1.41. The van der Waals surface area contributed by atoms with Gasteiger partial charge in [0.25, 0.3) is 0 Å². The molecular weight excluding hydrogens is 1280 g/mol. The fourth-order valence-corrected chi connectivity index (χ4v) is 13.2. The number of carbonyl (C=O) groups excluding carboxylic acids is 4. The third kappa shape index (κ3) is 70.6. The van der Waals surface area contributed by atoms with Crippen molar-refractivity contribution < 1.29 is 80.2 Å². The Bertz CT molecular complexity index is 1970. The van der Waals surface area contributed by atoms with Gasteiger partial charge in [-0.2, -0.15) is 0 Å². The number of hydrogen-bond donors (Lipinski definition) is 3. The summed E-state index contributed by atoms with van der Waals surface area (Å²) < 4.78 is 68.6. The number of rotatable bonds is 77. The molecule has 98 heavy (non-hydrogen) atoms. The summed E-state index contributed by atoms with van der Waals surface area (Å²) in [4.78, 5) is 72.9. The smallest absolute Gasteiger partial charge is 0.462 e. The average molecular weight is 1430 g/mol. The second kappa shape index (κ2) is 71.5. The molecule has 578 valence electrons. The monoisotopic (exact) mass is 1430 g/mol. The molecule has 19 heteroatoms. The largest absolute Gasteiger partial charge is 0.472 e. The van der Waals surface area contributed by atoms with Crippen LogP contribution in [0.4, 0.5) is 0 Å². The Hall–Kier alpha value is -2.46. The average Bonchev–Trinajstić information content (AvgIpc) is 1.01. The van der Waals surface area contributed by atoms with Gasteiger partial charge >= 0.3 is 39.5 Å². The molecule has 0 aromatic heterocycles. The van der Waals surface area contributed by atoms with Crippen LogP contribution in [0.2, 0.25) is 0 Å². The van der Waals surface area contributed by atoms with E-state index in [1.165, 1.54) is 193 Å². The molecule has 0 aliphatic carbocycles. The molecule has 0 heterocycles. The molecule has 0 aliphatic heterocycles. The lowest BCUT2D eigenvalue weighted by Crippen LogP contribution is -2.30. The van der Waals surface area contributed by atoms with Crippen LogP contribution in [-0.4, -0.2) is 96.7 Å². The molecule has 0 aromatic carbocycles. The topological polar surface area (TPSA) is 237 Å². The number of unbranched alkanes of at least 4 members (excludes halogenated alkanes) is 45. The number of esters is 4. The zero-order valence-electron chi connectivity index (χ0n) is 63.4. The van der Waals surface area contributed by atoms with Gasteiger partial charge in [-0.05, 0) is 57.3 Å². The van der Waals surface area contributed by atoms with Gasteiger partial charge in [-0.3, -0.25) is 37.3 Å². The van der Waals surface area contributed by atoms with Crippen molar-refractivity contribution in [2.45, 2.75) is 412 Å². The van der Waals surface area contributed by atoms with E-state index in [0.29, 0.717) is 25.7 Å². The van der Waals surface area contributed by atoms with E-state index in [1.54, 1.807) is 0 Å². The first kappa shape index (κ1) is 95.5. The zero-order valence-corrected chi connectivity index (χ0v) is 65.2. The van der Waals surface area contributed by atoms with Crippen molar-refractivity contribution in [1.82, 2.24) is 0 Å². The zero-order chi connectivity index (χ0) is 71.9. The molecule has 0 aromatic rings. The highest BCUT2D eigenvalue weighted by Crippen LogP contribution is 2.45. The molecule has 0 radical (unpaired) electrons. The highest BCUT2D eigenvalue weighted by atomic mass is 31.2. The number of phosphoric ester groups is 2. The molecule has 0 saturated carbocycles. The highest BCUT2D eigenvalue weighted by Gasteiger charge is 2.30. The summed E-state index contributed by atoms with van der Waals surface area (Å²) in [7, 11) is -9.93. The van der Waals surface area contributed by atoms with E-state index in [0.717, 1.165) is 121 Å². The first-order chi connectivity index (χ1) is 47.6. The van der Waals surface area contributed by atoms with Crippen molar-refractivity contribution in [1.29, 1.82) is 0 Å². The molecule has 0 bridgehead atoms. The van der Waals surface area contributed by atoms with Gasteiger partial charge in [0.15, 0.2) is 12.2 Å². The van der Waals surface area contributed by atoms with Crippen LogP contribution in [0.25, 0.3) is 0 Å². The second-order valence-electron chi connectivity index (χ2n) is 28.0. The van der Waals surface area contributed by atoms with Crippen molar-refractivity contribution in [3.05, 3.63) is 24.3 Å². The van der Waals surface area contributed by atoms with E-state index < -0.39 is 97.5 Å². The lowest BCUT2D eigenvalue weighted by atomic mass is 10.00. The summed E-state index contributed by atoms with van der Waals surface area (Å²) in [5, 5.41) is 10.6. The highest BCUT2D eigenvalue weighted by molar-refractivity contribution is 7.47. The van der Waals surface area contributed by atoms with Crippen LogP contribution in [0, 0.1) is 5.92 Å². The fraction of sp³-hybridized carbons (Fsp3) is 0.899. The molecule has 17 nitrogen and oxygen atoms in total. The quantitative estimate of drug-likeness (QED) is 0.0169. The summed E-state index contributed by atoms with van der Waals surface area (Å²) in [5.41, 5.74) is 0. The molecular formula is C79H150O17P2. The third-order valence-corrected chi connectivity index (χ3v) is 20.2. The maximum atomic E-state index is 13.1. The maximum Gasteiger partial charge on any atom is 0.472 e. The first-order valence-electron chi connectivity index (χ1n) is 40.5. The minimum Gasteiger partial charge on any atom is -0.462 e. The molecule has 6 atom stereocenters. The van der Waals surface area contributed by atoms with E-state index in [4.69, 9.17) is 37.0 Å². The second-order valence-corrected chi connectivity index (χ2v) is 30.9. The summed E-state index contributed by atoms with van der Waals surface area (Å²) in [6.45, 7) is 7.21. The summed E-state index contributed by atoms with van der Waals surface area (Å²) in [6.07, 6.45) is 64.6. The lowest BCUT2D eigenvalue weighted by molar-refractivity contribution is -0.161. The predicted octanol–water partition coefficient (Wildman–Crippen LogP) is 23.2. The van der Waals surface area contributed by atoms with Crippen LogP contribution < -0.4 is 0 Å². The van der Waals surface area contributed by atoms with Crippen LogP contribution in [0.5, 0.6) is 0 Å². The molecule has 0 rings (SSSR count). The minimum atomic E-state index is -4.97. The van der Waals surface area contributed by atoms with Crippen LogP contribution >= 0.6 is 15.6 Å². The first-order valence-corrected chi connectivity index (χ1v) is 43.5. The maximum absolute atomic E-state index is 13.1. The Labute approximate surface area is 599 Å². The minimum absolute atomic E-state index is 0.102. The molecule has 3 N–H and O–H groups in total. The van der Waals surface area contributed by atoms with E-state index in [-0.39, 0.29) is 25.7 Å². The van der Waals surface area contributed by atoms with Gasteiger partial charge < -0.3 is 33.8 Å². The van der Waals surface area contributed by atoms with Crippen LogP contribution in [-0.2, 0) is 65.4 Å². The number of ether oxygens (including phenoxy) is 4. The Morgan fingerprint density at radius 1 is 0.327 bits per heavy atom. The molecule has 0 fully saturated rings. The summed E-state index contributed by atoms with van der Waals surface area (Å²) in [6, 6.07) is 0. The Morgan fingerprint density at radius 3 is 0.867 bits per heavy atom. The van der Waals surface area contributed by atoms with Gasteiger partial charge in [-0.15, -0.1) is 0 Å². The predicted molar refractivity (Wildman–Crippen MR) is 400 cm³/mol. The SMILES string of the molecule is CCCCCC/C=C\C=C/CCCCCCCC(=O)OC[C@H](COP(=O)(O)OC[C@@H](O)COP(=O)(O)OC[C@@H](COC(=O)CCCCCCCCC(C)CC)OC(=O)CCCCCCCCCCCCCCCC)OC(=O)CCCCCCCCCCCCCCCCCCCCC. The van der Waals surface area contributed by atoms with E-state index in [9.17, 15) is 43.2 Å².